The molecule has 54 heavy (non-hydrogen) atoms. The summed E-state index contributed by atoms with van der Waals surface area (Å²) in [5.74, 6) is -13.3. The minimum Gasteiger partial charge on any atom is -0.507 e. The molecule has 0 spiro atoms. The van der Waals surface area contributed by atoms with Crippen molar-refractivity contribution in [3.63, 3.8) is 0 Å². The third-order valence-corrected chi connectivity index (χ3v) is 9.78. The van der Waals surface area contributed by atoms with Gasteiger partial charge in [0.25, 0.3) is 23.6 Å². The molecule has 278 valence electrons. The molecular formula is C38H34N4O12. The minimum absolute atomic E-state index is 0.0533. The molecule has 4 aliphatic rings. The lowest BCUT2D eigenvalue weighted by Gasteiger charge is -2.32. The summed E-state index contributed by atoms with van der Waals surface area (Å²) < 4.78 is 0. The second-order valence-corrected chi connectivity index (χ2v) is 13.9. The number of urea groups is 2. The zero-order valence-corrected chi connectivity index (χ0v) is 29.7. The quantitative estimate of drug-likeness (QED) is 0.162. The Hall–Kier alpha value is -6.84. The first-order chi connectivity index (χ1) is 25.3. The van der Waals surface area contributed by atoms with E-state index in [9.17, 15) is 58.8 Å². The number of barbiturate groups is 2. The number of Topliss-reactive ketones (excluding diaryl/α,β-unsaturated/α-hetero) is 2. The number of benzene rings is 2. The summed E-state index contributed by atoms with van der Waals surface area (Å²) in [6, 6.07) is 0.910. The third-order valence-electron chi connectivity index (χ3n) is 9.78. The average molecular weight is 739 g/mol. The number of nitrogens with one attached hydrogen (secondary N) is 4. The number of aliphatic hydroxyl groups excluding tert-OH is 2. The molecule has 2 saturated heterocycles. The SMILES string of the molecule is Cc1cc2c(c(O)c1-c1c(C)cc3c(c1O)[C@@H](C=C1C(=O)NC(=O)NC1=O)C(=O)C(O)=C3C(C)C)[C@H](C=C1C(=O)NC(=O)NC1=O)C(=O)C(O)=C2C(C)C. The fourth-order valence-corrected chi connectivity index (χ4v) is 7.49. The number of allylic oxidation sites excluding steroid dienone is 6. The molecule has 16 nitrogen and oxygen atoms in total. The number of phenolic OH excluding ortho intramolecular Hbond substituents is 2. The monoisotopic (exact) mass is 738 g/mol. The number of aromatic hydroxyl groups is 2. The van der Waals surface area contributed by atoms with Crippen LogP contribution in [0.15, 0.2) is 46.9 Å². The Balaban J connectivity index is 1.67. The van der Waals surface area contributed by atoms with Gasteiger partial charge in [0, 0.05) is 33.4 Å². The molecule has 2 aromatic rings. The fourth-order valence-electron chi connectivity index (χ4n) is 7.49. The van der Waals surface area contributed by atoms with Crippen LogP contribution in [-0.2, 0) is 28.8 Å². The summed E-state index contributed by atoms with van der Waals surface area (Å²) in [6.07, 6.45) is 1.83. The largest absolute Gasteiger partial charge is 0.507 e. The third kappa shape index (κ3) is 5.62. The highest BCUT2D eigenvalue weighted by Crippen LogP contribution is 2.54. The summed E-state index contributed by atoms with van der Waals surface area (Å²) in [4.78, 5) is 102. The second-order valence-electron chi connectivity index (χ2n) is 13.9. The van der Waals surface area contributed by atoms with E-state index in [1.54, 1.807) is 53.7 Å². The molecule has 2 aliphatic carbocycles. The number of hydrogen-bond donors (Lipinski definition) is 8. The van der Waals surface area contributed by atoms with Gasteiger partial charge in [0.1, 0.15) is 22.6 Å². The zero-order valence-electron chi connectivity index (χ0n) is 29.7. The zero-order chi connectivity index (χ0) is 39.8. The van der Waals surface area contributed by atoms with Crippen molar-refractivity contribution in [2.45, 2.75) is 53.4 Å². The lowest BCUT2D eigenvalue weighted by Crippen LogP contribution is -2.51. The molecular weight excluding hydrogens is 704 g/mol. The Morgan fingerprint density at radius 3 is 1.11 bits per heavy atom. The molecule has 6 rings (SSSR count). The summed E-state index contributed by atoms with van der Waals surface area (Å²) in [5.41, 5.74) is -0.376. The van der Waals surface area contributed by atoms with E-state index in [0.29, 0.717) is 11.1 Å². The molecule has 2 heterocycles. The van der Waals surface area contributed by atoms with Crippen molar-refractivity contribution >= 4 is 58.4 Å². The first kappa shape index (κ1) is 36.9. The number of aryl methyl sites for hydroxylation is 2. The van der Waals surface area contributed by atoms with Crippen molar-refractivity contribution in [1.29, 1.82) is 0 Å². The molecule has 2 aliphatic heterocycles. The smallest absolute Gasteiger partial charge is 0.328 e. The van der Waals surface area contributed by atoms with Crippen LogP contribution in [0.1, 0.15) is 72.9 Å². The van der Waals surface area contributed by atoms with Crippen molar-refractivity contribution < 1.29 is 58.8 Å². The van der Waals surface area contributed by atoms with E-state index in [2.05, 4.69) is 0 Å². The van der Waals surface area contributed by atoms with Gasteiger partial charge in [-0.05, 0) is 47.9 Å². The Kier molecular flexibility index (Phi) is 8.88. The maximum atomic E-state index is 13.8. The normalized spacial score (nSPS) is 20.2. The number of carbonyl (C=O) groups is 8. The first-order valence-electron chi connectivity index (χ1n) is 16.7. The Bertz CT molecular complexity index is 2150. The fraction of sp³-hybridized carbons (Fsp3) is 0.263. The summed E-state index contributed by atoms with van der Waals surface area (Å²) in [7, 11) is 0. The second kappa shape index (κ2) is 13.0. The van der Waals surface area contributed by atoms with E-state index in [0.717, 1.165) is 12.2 Å². The van der Waals surface area contributed by atoms with Crippen molar-refractivity contribution in [3.05, 3.63) is 80.3 Å². The van der Waals surface area contributed by atoms with Crippen LogP contribution >= 0.6 is 0 Å². The Morgan fingerprint density at radius 2 is 0.833 bits per heavy atom. The van der Waals surface area contributed by atoms with E-state index in [1.165, 1.54) is 0 Å². The van der Waals surface area contributed by atoms with Crippen molar-refractivity contribution in [3.8, 4) is 22.6 Å². The number of rotatable bonds is 5. The molecule has 2 aromatic carbocycles. The molecule has 16 heteroatoms. The number of carbonyl (C=O) groups excluding carboxylic acids is 8. The van der Waals surface area contributed by atoms with Gasteiger partial charge in [-0.15, -0.1) is 0 Å². The number of ketones is 2. The molecule has 0 radical (unpaired) electrons. The van der Waals surface area contributed by atoms with Gasteiger partial charge in [0.2, 0.25) is 11.6 Å². The predicted octanol–water partition coefficient (Wildman–Crippen LogP) is 3.15. The molecule has 8 amide bonds. The van der Waals surface area contributed by atoms with Crippen LogP contribution in [-0.4, -0.2) is 67.7 Å². The lowest BCUT2D eigenvalue weighted by atomic mass is 9.72. The number of amides is 8. The molecule has 0 unspecified atom stereocenters. The number of hydrogen-bond acceptors (Lipinski definition) is 12. The minimum atomic E-state index is -1.65. The van der Waals surface area contributed by atoms with Gasteiger partial charge in [0.05, 0.1) is 11.8 Å². The van der Waals surface area contributed by atoms with E-state index in [-0.39, 0.29) is 44.5 Å². The average Bonchev–Trinajstić information content (AvgIpc) is 3.05. The van der Waals surface area contributed by atoms with Gasteiger partial charge in [0.15, 0.2) is 11.5 Å². The first-order valence-corrected chi connectivity index (χ1v) is 16.7. The molecule has 2 fully saturated rings. The van der Waals surface area contributed by atoms with Crippen LogP contribution in [0, 0.1) is 25.7 Å². The van der Waals surface area contributed by atoms with E-state index in [1.807, 2.05) is 21.3 Å². The van der Waals surface area contributed by atoms with Crippen molar-refractivity contribution in [1.82, 2.24) is 21.3 Å². The van der Waals surface area contributed by atoms with Crippen molar-refractivity contribution in [2.24, 2.45) is 11.8 Å². The number of phenols is 2. The summed E-state index contributed by atoms with van der Waals surface area (Å²) >= 11 is 0. The Labute approximate surface area is 306 Å². The standard InChI is InChI=1S/C38H34N4O12/c1-11(2)21-15-7-13(5)23(29(45)25(15)17(27(43)31(21)47)9-19-33(49)39-37(53)40-34(19)50)24-14(6)8-16-22(12(3)4)32(48)28(44)18(26(16)30(24)46)10-20-35(51)41-38(54)42-36(20)52/h7-12,17-18,45-48H,1-6H3,(H2,39,40,49,50,53)(H2,41,42,51,52,54)/t17-,18+. The van der Waals surface area contributed by atoms with Gasteiger partial charge in [-0.25, -0.2) is 9.59 Å². The van der Waals surface area contributed by atoms with Gasteiger partial charge < -0.3 is 20.4 Å². The van der Waals surface area contributed by atoms with Crippen molar-refractivity contribution in [2.75, 3.05) is 0 Å². The number of fused-ring (bicyclic) bond motifs is 2. The van der Waals surface area contributed by atoms with Crippen LogP contribution < -0.4 is 21.3 Å². The van der Waals surface area contributed by atoms with Gasteiger partial charge in [-0.3, -0.25) is 50.0 Å². The number of imide groups is 4. The molecule has 8 N–H and O–H groups in total. The highest BCUT2D eigenvalue weighted by atomic mass is 16.3. The van der Waals surface area contributed by atoms with E-state index >= 15 is 0 Å². The van der Waals surface area contributed by atoms with Gasteiger partial charge in [-0.1, -0.05) is 52.0 Å². The van der Waals surface area contributed by atoms with Crippen LogP contribution in [0.25, 0.3) is 22.3 Å². The summed E-state index contributed by atoms with van der Waals surface area (Å²) in [5, 5.41) is 54.4. The summed E-state index contributed by atoms with van der Waals surface area (Å²) in [6.45, 7) is 9.92. The topological polar surface area (TPSA) is 266 Å². The maximum absolute atomic E-state index is 13.8. The molecule has 0 bridgehead atoms. The Morgan fingerprint density at radius 1 is 0.537 bits per heavy atom. The lowest BCUT2D eigenvalue weighted by molar-refractivity contribution is -0.126. The van der Waals surface area contributed by atoms with E-state index < -0.39 is 105 Å². The number of aliphatic hydroxyl groups is 2. The molecule has 2 atom stereocenters. The highest BCUT2D eigenvalue weighted by molar-refractivity contribution is 6.30. The van der Waals surface area contributed by atoms with Crippen LogP contribution in [0.2, 0.25) is 0 Å². The van der Waals surface area contributed by atoms with Crippen LogP contribution in [0.3, 0.4) is 0 Å². The van der Waals surface area contributed by atoms with Crippen LogP contribution in [0.5, 0.6) is 11.5 Å². The van der Waals surface area contributed by atoms with Crippen LogP contribution in [0.4, 0.5) is 9.59 Å². The van der Waals surface area contributed by atoms with E-state index in [4.69, 9.17) is 0 Å². The molecule has 0 aromatic heterocycles. The van der Waals surface area contributed by atoms with Gasteiger partial charge in [-0.2, -0.15) is 0 Å². The molecule has 0 saturated carbocycles. The van der Waals surface area contributed by atoms with Gasteiger partial charge >= 0.3 is 12.1 Å². The predicted molar refractivity (Wildman–Crippen MR) is 188 cm³/mol. The maximum Gasteiger partial charge on any atom is 0.328 e. The highest BCUT2D eigenvalue weighted by Gasteiger charge is 2.43.